The molecule has 0 saturated heterocycles. The van der Waals surface area contributed by atoms with Crippen molar-refractivity contribution in [3.63, 3.8) is 0 Å². The van der Waals surface area contributed by atoms with Crippen LogP contribution in [0.5, 0.6) is 0 Å². The minimum atomic E-state index is 0.656. The molecule has 1 rings (SSSR count). The highest BCUT2D eigenvalue weighted by Crippen LogP contribution is 2.25. The Morgan fingerprint density at radius 2 is 2.12 bits per heavy atom. The maximum atomic E-state index is 5.39. The van der Waals surface area contributed by atoms with E-state index in [1.807, 2.05) is 0 Å². The van der Waals surface area contributed by atoms with Crippen LogP contribution in [0, 0.1) is 5.92 Å². The number of nitrogens with zero attached hydrogens (tertiary/aromatic N) is 1. The predicted molar refractivity (Wildman–Crippen MR) is 70.7 cm³/mol. The highest BCUT2D eigenvalue weighted by Gasteiger charge is 2.12. The third-order valence-electron chi connectivity index (χ3n) is 3.27. The van der Waals surface area contributed by atoms with E-state index in [-0.39, 0.29) is 0 Å². The Hall–Kier alpha value is -0.810. The van der Waals surface area contributed by atoms with E-state index in [4.69, 9.17) is 10.6 Å². The lowest BCUT2D eigenvalue weighted by Gasteiger charge is -2.20. The monoisotopic (exact) mass is 242 g/mol. The van der Waals surface area contributed by atoms with Gasteiger partial charge in [0.25, 0.3) is 0 Å². The van der Waals surface area contributed by atoms with Crippen molar-refractivity contribution in [2.75, 3.05) is 26.8 Å². The average molecular weight is 242 g/mol. The summed E-state index contributed by atoms with van der Waals surface area (Å²) in [6.45, 7) is 2.23. The van der Waals surface area contributed by atoms with Crippen molar-refractivity contribution in [1.29, 1.82) is 0 Å². The Balaban J connectivity index is 2.14. The molecule has 0 spiro atoms. The maximum Gasteiger partial charge on any atom is 0.205 e. The summed E-state index contributed by atoms with van der Waals surface area (Å²) in [5.74, 6) is 6.92. The minimum Gasteiger partial charge on any atom is -0.383 e. The summed E-state index contributed by atoms with van der Waals surface area (Å²) in [5, 5.41) is 3.10. The Morgan fingerprint density at radius 3 is 2.76 bits per heavy atom. The van der Waals surface area contributed by atoms with E-state index in [2.05, 4.69) is 15.7 Å². The topological polar surface area (TPSA) is 71.7 Å². The van der Waals surface area contributed by atoms with Crippen molar-refractivity contribution in [1.82, 2.24) is 10.7 Å². The van der Waals surface area contributed by atoms with Crippen LogP contribution in [0.1, 0.15) is 38.5 Å². The van der Waals surface area contributed by atoms with Crippen LogP contribution in [0.3, 0.4) is 0 Å². The summed E-state index contributed by atoms with van der Waals surface area (Å²) >= 11 is 0. The number of hydrazine groups is 1. The third kappa shape index (κ3) is 6.48. The Bertz CT molecular complexity index is 215. The fourth-order valence-corrected chi connectivity index (χ4v) is 2.26. The summed E-state index contributed by atoms with van der Waals surface area (Å²) in [6, 6.07) is 0. The lowest BCUT2D eigenvalue weighted by atomic mass is 9.87. The summed E-state index contributed by atoms with van der Waals surface area (Å²) in [7, 11) is 1.68. The first kappa shape index (κ1) is 14.3. The molecule has 1 aliphatic rings. The highest BCUT2D eigenvalue weighted by atomic mass is 16.5. The van der Waals surface area contributed by atoms with Crippen LogP contribution in [0.15, 0.2) is 4.99 Å². The van der Waals surface area contributed by atoms with Crippen molar-refractivity contribution in [2.45, 2.75) is 38.5 Å². The first-order chi connectivity index (χ1) is 8.36. The molecule has 0 bridgehead atoms. The number of hydrogen-bond acceptors (Lipinski definition) is 3. The largest absolute Gasteiger partial charge is 0.383 e. The lowest BCUT2D eigenvalue weighted by molar-refractivity contribution is 0.203. The summed E-state index contributed by atoms with van der Waals surface area (Å²) in [5.41, 5.74) is 2.58. The molecule has 0 aromatic carbocycles. The molecule has 5 nitrogen and oxygen atoms in total. The lowest BCUT2D eigenvalue weighted by Crippen LogP contribution is -2.43. The van der Waals surface area contributed by atoms with Crippen LogP contribution in [0.25, 0.3) is 0 Å². The van der Waals surface area contributed by atoms with Gasteiger partial charge in [-0.3, -0.25) is 10.4 Å². The standard InChI is InChI=1S/C12H26N4O/c1-17-10-9-15-12(16-13)14-8-7-11-5-3-2-4-6-11/h11H,2-10,13H2,1H3,(H2,14,15,16). The Kier molecular flexibility index (Phi) is 7.75. The molecule has 17 heavy (non-hydrogen) atoms. The number of rotatable bonds is 6. The number of hydrogen-bond donors (Lipinski definition) is 3. The molecule has 0 heterocycles. The molecule has 5 heteroatoms. The van der Waals surface area contributed by atoms with E-state index in [1.54, 1.807) is 7.11 Å². The Labute approximate surface area is 104 Å². The number of nitrogens with one attached hydrogen (secondary N) is 2. The fourth-order valence-electron chi connectivity index (χ4n) is 2.26. The van der Waals surface area contributed by atoms with Gasteiger partial charge in [0, 0.05) is 20.2 Å². The molecule has 0 amide bonds. The van der Waals surface area contributed by atoms with Gasteiger partial charge < -0.3 is 10.1 Å². The van der Waals surface area contributed by atoms with Gasteiger partial charge in [0.05, 0.1) is 6.61 Å². The molecule has 1 fully saturated rings. The van der Waals surface area contributed by atoms with Gasteiger partial charge in [0.2, 0.25) is 5.96 Å². The molecule has 1 aliphatic carbocycles. The summed E-state index contributed by atoms with van der Waals surface area (Å²) in [6.07, 6.45) is 8.12. The van der Waals surface area contributed by atoms with Crippen LogP contribution in [-0.2, 0) is 4.74 Å². The van der Waals surface area contributed by atoms with Gasteiger partial charge in [-0.15, -0.1) is 0 Å². The van der Waals surface area contributed by atoms with Gasteiger partial charge in [-0.25, -0.2) is 5.84 Å². The zero-order valence-electron chi connectivity index (χ0n) is 10.9. The van der Waals surface area contributed by atoms with Gasteiger partial charge >= 0.3 is 0 Å². The zero-order chi connectivity index (χ0) is 12.3. The number of guanidine groups is 1. The van der Waals surface area contributed by atoms with Crippen molar-refractivity contribution < 1.29 is 4.74 Å². The molecular formula is C12H26N4O. The normalized spacial score (nSPS) is 18.1. The quantitative estimate of drug-likeness (QED) is 0.214. The first-order valence-corrected chi connectivity index (χ1v) is 6.60. The second kappa shape index (κ2) is 9.24. The van der Waals surface area contributed by atoms with Gasteiger partial charge in [-0.1, -0.05) is 32.1 Å². The van der Waals surface area contributed by atoms with Gasteiger partial charge in [0.1, 0.15) is 0 Å². The summed E-state index contributed by atoms with van der Waals surface area (Å²) < 4.78 is 4.95. The van der Waals surface area contributed by atoms with Gasteiger partial charge in [0.15, 0.2) is 0 Å². The molecule has 0 aromatic heterocycles. The predicted octanol–water partition coefficient (Wildman–Crippen LogP) is 1.01. The highest BCUT2D eigenvalue weighted by molar-refractivity contribution is 5.79. The van der Waals surface area contributed by atoms with E-state index in [9.17, 15) is 0 Å². The fraction of sp³-hybridized carbons (Fsp3) is 0.917. The maximum absolute atomic E-state index is 5.39. The number of methoxy groups -OCH3 is 1. The molecule has 0 unspecified atom stereocenters. The SMILES string of the molecule is COCCNC(=NCCC1CCCCC1)NN. The van der Waals surface area contributed by atoms with Crippen LogP contribution >= 0.6 is 0 Å². The first-order valence-electron chi connectivity index (χ1n) is 6.60. The molecule has 0 atom stereocenters. The summed E-state index contributed by atoms with van der Waals surface area (Å²) in [4.78, 5) is 4.42. The van der Waals surface area contributed by atoms with Crippen molar-refractivity contribution in [3.05, 3.63) is 0 Å². The van der Waals surface area contributed by atoms with Crippen LogP contribution in [0.4, 0.5) is 0 Å². The molecule has 0 aromatic rings. The average Bonchev–Trinajstić information content (AvgIpc) is 2.38. The molecular weight excluding hydrogens is 216 g/mol. The number of aliphatic imine (C=N–C) groups is 1. The van der Waals surface area contributed by atoms with Crippen LogP contribution in [-0.4, -0.2) is 32.8 Å². The zero-order valence-corrected chi connectivity index (χ0v) is 10.9. The van der Waals surface area contributed by atoms with Crippen molar-refractivity contribution in [2.24, 2.45) is 16.8 Å². The van der Waals surface area contributed by atoms with Crippen molar-refractivity contribution >= 4 is 5.96 Å². The van der Waals surface area contributed by atoms with E-state index in [1.165, 1.54) is 38.5 Å². The van der Waals surface area contributed by atoms with E-state index in [0.717, 1.165) is 19.0 Å². The third-order valence-corrected chi connectivity index (χ3v) is 3.27. The molecule has 1 saturated carbocycles. The molecule has 0 aliphatic heterocycles. The second-order valence-corrected chi connectivity index (χ2v) is 4.59. The van der Waals surface area contributed by atoms with Crippen molar-refractivity contribution in [3.8, 4) is 0 Å². The van der Waals surface area contributed by atoms with Crippen LogP contribution in [0.2, 0.25) is 0 Å². The van der Waals surface area contributed by atoms with E-state index >= 15 is 0 Å². The molecule has 4 N–H and O–H groups in total. The Morgan fingerprint density at radius 1 is 1.35 bits per heavy atom. The van der Waals surface area contributed by atoms with Gasteiger partial charge in [-0.05, 0) is 12.3 Å². The second-order valence-electron chi connectivity index (χ2n) is 4.59. The van der Waals surface area contributed by atoms with E-state index < -0.39 is 0 Å². The van der Waals surface area contributed by atoms with Crippen LogP contribution < -0.4 is 16.6 Å². The van der Waals surface area contributed by atoms with E-state index in [0.29, 0.717) is 12.6 Å². The smallest absolute Gasteiger partial charge is 0.205 e. The molecule has 100 valence electrons. The number of ether oxygens (including phenoxy) is 1. The number of nitrogens with two attached hydrogens (primary N) is 1. The molecule has 0 radical (unpaired) electrons. The minimum absolute atomic E-state index is 0.656. The van der Waals surface area contributed by atoms with Gasteiger partial charge in [-0.2, -0.15) is 0 Å².